The molecule has 1 amide bonds. The van der Waals surface area contributed by atoms with Crippen LogP contribution < -0.4 is 5.32 Å². The lowest BCUT2D eigenvalue weighted by atomic mass is 10.0. The topological polar surface area (TPSA) is 89.8 Å². The number of hydrogen-bond donors (Lipinski definition) is 4. The van der Waals surface area contributed by atoms with E-state index in [1.807, 2.05) is 6.08 Å². The molecule has 0 radical (unpaired) electrons. The first-order valence-corrected chi connectivity index (χ1v) is 35.3. The molecule has 0 aromatic rings. The Morgan fingerprint density at radius 1 is 0.325 bits per heavy atom. The van der Waals surface area contributed by atoms with Crippen molar-refractivity contribution >= 4 is 5.91 Å². The number of carbonyl (C=O) groups is 1. The van der Waals surface area contributed by atoms with Gasteiger partial charge in [0.1, 0.15) is 6.10 Å². The number of rotatable bonds is 66. The number of nitrogens with one attached hydrogen (secondary N) is 1. The predicted octanol–water partition coefficient (Wildman–Crippen LogP) is 22.9. The van der Waals surface area contributed by atoms with Crippen LogP contribution in [0.15, 0.2) is 36.5 Å². The van der Waals surface area contributed by atoms with Crippen molar-refractivity contribution in [3.05, 3.63) is 36.5 Å². The van der Waals surface area contributed by atoms with Gasteiger partial charge in [-0.1, -0.05) is 378 Å². The van der Waals surface area contributed by atoms with Gasteiger partial charge in [-0.2, -0.15) is 0 Å². The summed E-state index contributed by atoms with van der Waals surface area (Å²) >= 11 is 0. The molecule has 77 heavy (non-hydrogen) atoms. The third-order valence-corrected chi connectivity index (χ3v) is 16.7. The molecule has 5 heteroatoms. The van der Waals surface area contributed by atoms with Crippen molar-refractivity contribution in [1.82, 2.24) is 5.32 Å². The molecule has 0 saturated heterocycles. The molecule has 456 valence electrons. The molecule has 0 saturated carbocycles. The number of aliphatic hydroxyl groups excluding tert-OH is 3. The molecule has 0 aromatic carbocycles. The molecule has 0 aliphatic heterocycles. The summed E-state index contributed by atoms with van der Waals surface area (Å²) in [6.45, 7) is 4.24. The van der Waals surface area contributed by atoms with E-state index in [1.165, 1.54) is 334 Å². The van der Waals surface area contributed by atoms with Gasteiger partial charge in [-0.15, -0.1) is 0 Å². The summed E-state index contributed by atoms with van der Waals surface area (Å²) < 4.78 is 0. The maximum Gasteiger partial charge on any atom is 0.249 e. The van der Waals surface area contributed by atoms with Crippen LogP contribution in [0.25, 0.3) is 0 Å². The molecule has 0 bridgehead atoms. The summed E-state index contributed by atoms with van der Waals surface area (Å²) in [5.74, 6) is -0.497. The van der Waals surface area contributed by atoms with Crippen LogP contribution in [0.3, 0.4) is 0 Å². The fraction of sp³-hybridized carbons (Fsp3) is 0.903. The molecule has 0 heterocycles. The van der Waals surface area contributed by atoms with Gasteiger partial charge < -0.3 is 20.6 Å². The number of amides is 1. The Kier molecular flexibility index (Phi) is 65.8. The molecule has 0 spiro atoms. The van der Waals surface area contributed by atoms with E-state index in [9.17, 15) is 20.1 Å². The Balaban J connectivity index is 3.49. The monoisotopic (exact) mass is 1080 g/mol. The number of unbranched alkanes of at least 4 members (excludes halogenated alkanes) is 54. The first-order chi connectivity index (χ1) is 38.1. The number of hydrogen-bond acceptors (Lipinski definition) is 4. The predicted molar refractivity (Wildman–Crippen MR) is 342 cm³/mol. The quantitative estimate of drug-likeness (QED) is 0.0361. The normalized spacial score (nSPS) is 13.3. The van der Waals surface area contributed by atoms with Crippen molar-refractivity contribution < 1.29 is 20.1 Å². The molecule has 0 aliphatic rings. The number of allylic oxidation sites excluding steroid dienone is 5. The molecule has 5 nitrogen and oxygen atoms in total. The lowest BCUT2D eigenvalue weighted by molar-refractivity contribution is -0.131. The van der Waals surface area contributed by atoms with Gasteiger partial charge in [0, 0.05) is 0 Å². The average molecular weight is 1080 g/mol. The Hall–Kier alpha value is -1.43. The molecule has 3 unspecified atom stereocenters. The van der Waals surface area contributed by atoms with Crippen molar-refractivity contribution in [1.29, 1.82) is 0 Å². The van der Waals surface area contributed by atoms with E-state index in [1.54, 1.807) is 6.08 Å². The third kappa shape index (κ3) is 62.0. The molecule has 0 aliphatic carbocycles. The maximum absolute atomic E-state index is 12.6. The molecule has 0 aromatic heterocycles. The molecule has 0 rings (SSSR count). The van der Waals surface area contributed by atoms with Gasteiger partial charge in [0.25, 0.3) is 0 Å². The molecular formula is C72H139NO4. The minimum Gasteiger partial charge on any atom is -0.394 e. The highest BCUT2D eigenvalue weighted by molar-refractivity contribution is 5.80. The van der Waals surface area contributed by atoms with E-state index in [2.05, 4.69) is 43.5 Å². The molecular weight excluding hydrogens is 943 g/mol. The second-order valence-corrected chi connectivity index (χ2v) is 24.5. The van der Waals surface area contributed by atoms with Crippen molar-refractivity contribution in [3.8, 4) is 0 Å². The van der Waals surface area contributed by atoms with Gasteiger partial charge in [0.05, 0.1) is 18.8 Å². The lowest BCUT2D eigenvalue weighted by Crippen LogP contribution is -2.48. The Labute approximate surface area is 483 Å². The third-order valence-electron chi connectivity index (χ3n) is 16.7. The van der Waals surface area contributed by atoms with Gasteiger partial charge >= 0.3 is 0 Å². The first kappa shape index (κ1) is 75.6. The second kappa shape index (κ2) is 67.1. The summed E-state index contributed by atoms with van der Waals surface area (Å²) in [6, 6.07) is -0.799. The van der Waals surface area contributed by atoms with Crippen molar-refractivity contribution in [2.75, 3.05) is 6.61 Å². The second-order valence-electron chi connectivity index (χ2n) is 24.5. The van der Waals surface area contributed by atoms with E-state index in [0.717, 1.165) is 38.5 Å². The van der Waals surface area contributed by atoms with Crippen LogP contribution in [0.1, 0.15) is 393 Å². The largest absolute Gasteiger partial charge is 0.394 e. The zero-order valence-electron chi connectivity index (χ0n) is 52.4. The maximum atomic E-state index is 12.6. The fourth-order valence-electron chi connectivity index (χ4n) is 11.3. The van der Waals surface area contributed by atoms with Crippen LogP contribution in [0.5, 0.6) is 0 Å². The van der Waals surface area contributed by atoms with E-state index in [4.69, 9.17) is 0 Å². The highest BCUT2D eigenvalue weighted by atomic mass is 16.3. The van der Waals surface area contributed by atoms with Crippen LogP contribution in [0.4, 0.5) is 0 Å². The van der Waals surface area contributed by atoms with Crippen LogP contribution >= 0.6 is 0 Å². The Bertz CT molecular complexity index is 1200. The molecule has 0 fully saturated rings. The van der Waals surface area contributed by atoms with Crippen molar-refractivity contribution in [3.63, 3.8) is 0 Å². The highest BCUT2D eigenvalue weighted by Crippen LogP contribution is 2.19. The zero-order valence-corrected chi connectivity index (χ0v) is 52.4. The molecule has 4 N–H and O–H groups in total. The van der Waals surface area contributed by atoms with Gasteiger partial charge in [0.15, 0.2) is 0 Å². The number of aliphatic hydroxyl groups is 3. The average Bonchev–Trinajstić information content (AvgIpc) is 3.43. The van der Waals surface area contributed by atoms with Crippen LogP contribution in [0, 0.1) is 0 Å². The fourth-order valence-corrected chi connectivity index (χ4v) is 11.3. The SMILES string of the molecule is CCCCCCCCCCCCCCCCC/C=C\C/C=C\CCCCCCCCCCCCCCCCCCC(O)C(=O)NC(CO)C(O)/C=C/CCCCCCCCCCCCCCCCCCCCCCCCC. The molecule has 3 atom stereocenters. The van der Waals surface area contributed by atoms with Crippen molar-refractivity contribution in [2.24, 2.45) is 0 Å². The number of carbonyl (C=O) groups excluding carboxylic acids is 1. The van der Waals surface area contributed by atoms with E-state index < -0.39 is 24.2 Å². The first-order valence-electron chi connectivity index (χ1n) is 35.3. The zero-order chi connectivity index (χ0) is 55.7. The van der Waals surface area contributed by atoms with Crippen molar-refractivity contribution in [2.45, 2.75) is 411 Å². The summed E-state index contributed by atoms with van der Waals surface area (Å²) in [5, 5.41) is 33.5. The van der Waals surface area contributed by atoms with Crippen LogP contribution in [-0.2, 0) is 4.79 Å². The Morgan fingerprint density at radius 2 is 0.558 bits per heavy atom. The van der Waals surface area contributed by atoms with E-state index >= 15 is 0 Å². The van der Waals surface area contributed by atoms with Crippen LogP contribution in [0.2, 0.25) is 0 Å². The van der Waals surface area contributed by atoms with Gasteiger partial charge in [-0.25, -0.2) is 0 Å². The van der Waals surface area contributed by atoms with Gasteiger partial charge in [-0.05, 0) is 51.4 Å². The minimum atomic E-state index is -1.10. The smallest absolute Gasteiger partial charge is 0.249 e. The van der Waals surface area contributed by atoms with Crippen LogP contribution in [-0.4, -0.2) is 46.1 Å². The van der Waals surface area contributed by atoms with Gasteiger partial charge in [0.2, 0.25) is 5.91 Å². The standard InChI is InChI=1S/C72H139NO4/c1-3-5-7-9-11-13-15-17-19-21-23-25-27-29-30-31-32-33-34-35-36-37-38-39-40-41-43-45-47-49-51-53-55-57-59-61-63-65-67-71(76)72(77)73-69(68-74)70(75)66-64-62-60-58-56-54-52-50-48-46-44-42-28-26-24-22-20-18-16-14-12-10-8-6-4-2/h32-33,35-36,64,66,69-71,74-76H,3-31,34,37-63,65,67-68H2,1-2H3,(H,73,77)/b33-32-,36-35-,66-64+. The summed E-state index contributed by atoms with van der Waals surface area (Å²) in [4.78, 5) is 12.6. The Morgan fingerprint density at radius 3 is 0.818 bits per heavy atom. The lowest BCUT2D eigenvalue weighted by Gasteiger charge is -2.21. The van der Waals surface area contributed by atoms with E-state index in [0.29, 0.717) is 6.42 Å². The minimum absolute atomic E-state index is 0.361. The van der Waals surface area contributed by atoms with Gasteiger partial charge in [-0.3, -0.25) is 4.79 Å². The summed E-state index contributed by atoms with van der Waals surface area (Å²) in [5.41, 5.74) is 0. The summed E-state index contributed by atoms with van der Waals surface area (Å²) in [6.07, 6.45) is 90.1. The highest BCUT2D eigenvalue weighted by Gasteiger charge is 2.22. The summed E-state index contributed by atoms with van der Waals surface area (Å²) in [7, 11) is 0. The van der Waals surface area contributed by atoms with E-state index in [-0.39, 0.29) is 6.61 Å².